The SMILES string of the molecule is CCc1nc2ccc(N3CCN(C(=O)OC(C)(C)C)CC3)nn2c1NCc1nc(-c2ccc(F)cc2)c(Br)s1. The average molecular weight is 617 g/mol. The fraction of sp³-hybridized carbons (Fsp3) is 0.407. The molecular formula is C27H31BrFN7O2S. The largest absolute Gasteiger partial charge is 0.444 e. The van der Waals surface area contributed by atoms with E-state index in [-0.39, 0.29) is 11.9 Å². The molecular weight excluding hydrogens is 585 g/mol. The Morgan fingerprint density at radius 1 is 1.10 bits per heavy atom. The Hall–Kier alpha value is -3.25. The molecule has 0 spiro atoms. The van der Waals surface area contributed by atoms with E-state index in [1.54, 1.807) is 17.0 Å². The number of anilines is 2. The minimum atomic E-state index is -0.514. The lowest BCUT2D eigenvalue weighted by Gasteiger charge is -2.36. The number of benzene rings is 1. The summed E-state index contributed by atoms with van der Waals surface area (Å²) < 4.78 is 21.6. The Balaban J connectivity index is 1.31. The van der Waals surface area contributed by atoms with Crippen molar-refractivity contribution in [2.75, 3.05) is 36.4 Å². The molecule has 9 nitrogen and oxygen atoms in total. The Morgan fingerprint density at radius 3 is 2.49 bits per heavy atom. The summed E-state index contributed by atoms with van der Waals surface area (Å²) in [5.41, 5.74) is 2.81. The molecule has 1 N–H and O–H groups in total. The minimum Gasteiger partial charge on any atom is -0.444 e. The Morgan fingerprint density at radius 2 is 1.82 bits per heavy atom. The van der Waals surface area contributed by atoms with E-state index in [2.05, 4.69) is 33.1 Å². The van der Waals surface area contributed by atoms with Gasteiger partial charge in [-0.1, -0.05) is 6.92 Å². The molecule has 0 radical (unpaired) electrons. The molecule has 1 aliphatic heterocycles. The van der Waals surface area contributed by atoms with Gasteiger partial charge in [-0.3, -0.25) is 0 Å². The lowest BCUT2D eigenvalue weighted by Crippen LogP contribution is -2.50. The van der Waals surface area contributed by atoms with Crippen molar-refractivity contribution in [1.82, 2.24) is 24.5 Å². The van der Waals surface area contributed by atoms with Crippen LogP contribution in [-0.2, 0) is 17.7 Å². The van der Waals surface area contributed by atoms with Gasteiger partial charge in [-0.2, -0.15) is 4.52 Å². The molecule has 39 heavy (non-hydrogen) atoms. The van der Waals surface area contributed by atoms with Gasteiger partial charge < -0.3 is 19.9 Å². The number of carbonyl (C=O) groups is 1. The van der Waals surface area contributed by atoms with Crippen molar-refractivity contribution >= 4 is 50.6 Å². The van der Waals surface area contributed by atoms with Gasteiger partial charge in [-0.05, 0) is 79.5 Å². The van der Waals surface area contributed by atoms with Crippen molar-refractivity contribution in [2.45, 2.75) is 46.3 Å². The smallest absolute Gasteiger partial charge is 0.410 e. The Labute approximate surface area is 239 Å². The van der Waals surface area contributed by atoms with E-state index >= 15 is 0 Å². The molecule has 0 unspecified atom stereocenters. The van der Waals surface area contributed by atoms with E-state index in [1.807, 2.05) is 37.4 Å². The number of thiazole rings is 1. The van der Waals surface area contributed by atoms with E-state index in [4.69, 9.17) is 19.8 Å². The zero-order valence-corrected chi connectivity index (χ0v) is 24.8. The van der Waals surface area contributed by atoms with Crippen LogP contribution >= 0.6 is 27.3 Å². The minimum absolute atomic E-state index is 0.275. The maximum atomic E-state index is 13.4. The molecule has 4 aromatic rings. The first-order valence-electron chi connectivity index (χ1n) is 12.9. The first kappa shape index (κ1) is 27.3. The van der Waals surface area contributed by atoms with Crippen LogP contribution in [0.25, 0.3) is 16.9 Å². The lowest BCUT2D eigenvalue weighted by atomic mass is 10.2. The molecule has 1 fully saturated rings. The standard InChI is InChI=1S/C27H31BrFN7O2S/c1-5-19-25(30-16-22-32-23(24(28)39-22)17-6-8-18(29)9-7-17)36-20(31-19)10-11-21(33-36)34-12-14-35(15-13-34)26(37)38-27(2,3)4/h6-11,30H,5,12-16H2,1-4H3. The zero-order chi connectivity index (χ0) is 27.7. The van der Waals surface area contributed by atoms with E-state index < -0.39 is 5.60 Å². The van der Waals surface area contributed by atoms with Crippen LogP contribution in [0.3, 0.4) is 0 Å². The predicted octanol–water partition coefficient (Wildman–Crippen LogP) is 5.99. The van der Waals surface area contributed by atoms with Gasteiger partial charge in [0.15, 0.2) is 11.5 Å². The van der Waals surface area contributed by atoms with Crippen LogP contribution in [-0.4, -0.2) is 62.4 Å². The number of fused-ring (bicyclic) bond motifs is 1. The zero-order valence-electron chi connectivity index (χ0n) is 22.4. The van der Waals surface area contributed by atoms with Gasteiger partial charge in [-0.25, -0.2) is 19.2 Å². The maximum absolute atomic E-state index is 13.4. The van der Waals surface area contributed by atoms with Crippen molar-refractivity contribution in [3.8, 4) is 11.3 Å². The molecule has 1 saturated heterocycles. The fourth-order valence-corrected chi connectivity index (χ4v) is 6.00. The van der Waals surface area contributed by atoms with Crippen LogP contribution in [0.1, 0.15) is 38.4 Å². The topological polar surface area (TPSA) is 87.9 Å². The molecule has 3 aromatic heterocycles. The molecule has 0 atom stereocenters. The predicted molar refractivity (Wildman–Crippen MR) is 155 cm³/mol. The van der Waals surface area contributed by atoms with Gasteiger partial charge in [-0.15, -0.1) is 16.4 Å². The number of hydrogen-bond acceptors (Lipinski definition) is 8. The number of aryl methyl sites for hydroxylation is 1. The third-order valence-corrected chi connectivity index (χ3v) is 7.99. The quantitative estimate of drug-likeness (QED) is 0.285. The molecule has 206 valence electrons. The summed E-state index contributed by atoms with van der Waals surface area (Å²) >= 11 is 5.14. The van der Waals surface area contributed by atoms with Crippen molar-refractivity contribution in [1.29, 1.82) is 0 Å². The highest BCUT2D eigenvalue weighted by Gasteiger charge is 2.27. The van der Waals surface area contributed by atoms with E-state index in [0.717, 1.165) is 49.4 Å². The lowest BCUT2D eigenvalue weighted by molar-refractivity contribution is 0.0240. The van der Waals surface area contributed by atoms with Crippen LogP contribution in [0.2, 0.25) is 0 Å². The van der Waals surface area contributed by atoms with Crippen molar-refractivity contribution < 1.29 is 13.9 Å². The number of nitrogens with zero attached hydrogens (tertiary/aromatic N) is 6. The summed E-state index contributed by atoms with van der Waals surface area (Å²) in [7, 11) is 0. The summed E-state index contributed by atoms with van der Waals surface area (Å²) in [5.74, 6) is 1.38. The number of ether oxygens (including phenoxy) is 1. The maximum Gasteiger partial charge on any atom is 0.410 e. The third-order valence-electron chi connectivity index (χ3n) is 6.28. The van der Waals surface area contributed by atoms with E-state index in [0.29, 0.717) is 32.7 Å². The highest BCUT2D eigenvalue weighted by Crippen LogP contribution is 2.33. The third kappa shape index (κ3) is 6.17. The van der Waals surface area contributed by atoms with Gasteiger partial charge in [0, 0.05) is 31.7 Å². The number of rotatable bonds is 6. The summed E-state index contributed by atoms with van der Waals surface area (Å²) in [5, 5.41) is 9.29. The molecule has 0 bridgehead atoms. The normalized spacial score (nSPS) is 14.2. The average Bonchev–Trinajstić information content (AvgIpc) is 3.46. The van der Waals surface area contributed by atoms with Crippen molar-refractivity contribution in [2.24, 2.45) is 0 Å². The molecule has 1 aromatic carbocycles. The number of imidazole rings is 1. The monoisotopic (exact) mass is 615 g/mol. The first-order chi connectivity index (χ1) is 18.6. The van der Waals surface area contributed by atoms with Crippen LogP contribution in [0.15, 0.2) is 40.2 Å². The van der Waals surface area contributed by atoms with Gasteiger partial charge in [0.2, 0.25) is 0 Å². The van der Waals surface area contributed by atoms with Gasteiger partial charge >= 0.3 is 6.09 Å². The number of aromatic nitrogens is 4. The number of nitrogens with one attached hydrogen (secondary N) is 1. The molecule has 12 heteroatoms. The number of hydrogen-bond donors (Lipinski definition) is 1. The van der Waals surface area contributed by atoms with Crippen molar-refractivity contribution in [3.05, 3.63) is 56.7 Å². The van der Waals surface area contributed by atoms with Gasteiger partial charge in [0.1, 0.15) is 22.2 Å². The van der Waals surface area contributed by atoms with Crippen LogP contribution in [0, 0.1) is 5.82 Å². The van der Waals surface area contributed by atoms with Crippen LogP contribution in [0.4, 0.5) is 20.8 Å². The summed E-state index contributed by atoms with van der Waals surface area (Å²) in [6, 6.07) is 10.3. The van der Waals surface area contributed by atoms with Gasteiger partial charge in [0.25, 0.3) is 0 Å². The second-order valence-electron chi connectivity index (χ2n) is 10.3. The van der Waals surface area contributed by atoms with E-state index in [9.17, 15) is 9.18 Å². The molecule has 0 aliphatic carbocycles. The Kier molecular flexibility index (Phi) is 7.77. The first-order valence-corrected chi connectivity index (χ1v) is 14.5. The summed E-state index contributed by atoms with van der Waals surface area (Å²) in [6.07, 6.45) is 0.466. The second kappa shape index (κ2) is 11.1. The molecule has 4 heterocycles. The highest BCUT2D eigenvalue weighted by molar-refractivity contribution is 9.11. The van der Waals surface area contributed by atoms with Crippen molar-refractivity contribution in [3.63, 3.8) is 0 Å². The molecule has 1 amide bonds. The second-order valence-corrected chi connectivity index (χ2v) is 12.7. The Bertz CT molecular complexity index is 1470. The fourth-order valence-electron chi connectivity index (χ4n) is 4.37. The molecule has 5 rings (SSSR count). The van der Waals surface area contributed by atoms with Crippen LogP contribution < -0.4 is 10.2 Å². The molecule has 0 saturated carbocycles. The number of piperazine rings is 1. The number of amides is 1. The number of halogens is 2. The highest BCUT2D eigenvalue weighted by atomic mass is 79.9. The summed E-state index contributed by atoms with van der Waals surface area (Å²) in [6.45, 7) is 10.6. The number of carbonyl (C=O) groups excluding carboxylic acids is 1. The van der Waals surface area contributed by atoms with Crippen LogP contribution in [0.5, 0.6) is 0 Å². The summed E-state index contributed by atoms with van der Waals surface area (Å²) in [4.78, 5) is 25.9. The van der Waals surface area contributed by atoms with E-state index in [1.165, 1.54) is 23.5 Å². The molecule has 1 aliphatic rings. The van der Waals surface area contributed by atoms with Gasteiger partial charge in [0.05, 0.1) is 21.7 Å².